The SMILES string of the molecule is CC.COCCC(C)CCCn1c(C(C)(C)C)nc2cc(N(C)Sc3ccc(NC=O)nc3)ccc21. The lowest BCUT2D eigenvalue weighted by molar-refractivity contribution is -0.105. The highest BCUT2D eigenvalue weighted by atomic mass is 32.2. The molecule has 8 heteroatoms. The maximum absolute atomic E-state index is 10.6. The van der Waals surface area contributed by atoms with E-state index in [0.29, 0.717) is 18.1 Å². The smallest absolute Gasteiger partial charge is 0.212 e. The molecule has 2 heterocycles. The Morgan fingerprint density at radius 2 is 1.94 bits per heavy atom. The number of ether oxygens (including phenoxy) is 1. The molecule has 1 unspecified atom stereocenters. The summed E-state index contributed by atoms with van der Waals surface area (Å²) >= 11 is 1.58. The van der Waals surface area contributed by atoms with E-state index in [2.05, 4.69) is 65.1 Å². The number of amides is 1. The number of hydrogen-bond acceptors (Lipinski definition) is 6. The van der Waals surface area contributed by atoms with Crippen molar-refractivity contribution in [3.8, 4) is 0 Å². The van der Waals surface area contributed by atoms with E-state index in [4.69, 9.17) is 9.72 Å². The van der Waals surface area contributed by atoms with Gasteiger partial charge in [0.2, 0.25) is 6.41 Å². The summed E-state index contributed by atoms with van der Waals surface area (Å²) < 4.78 is 9.74. The number of carbonyl (C=O) groups excluding carboxylic acids is 1. The van der Waals surface area contributed by atoms with Crippen molar-refractivity contribution in [2.24, 2.45) is 5.92 Å². The molecule has 0 saturated carbocycles. The summed E-state index contributed by atoms with van der Waals surface area (Å²) in [5, 5.41) is 2.56. The normalized spacial score (nSPS) is 12.1. The van der Waals surface area contributed by atoms with Crippen LogP contribution in [0.5, 0.6) is 0 Å². The summed E-state index contributed by atoms with van der Waals surface area (Å²) in [6, 6.07) is 10.2. The molecule has 3 aromatic rings. The van der Waals surface area contributed by atoms with Gasteiger partial charge in [-0.1, -0.05) is 41.5 Å². The maximum Gasteiger partial charge on any atom is 0.212 e. The molecule has 1 N–H and O–H groups in total. The summed E-state index contributed by atoms with van der Waals surface area (Å²) in [7, 11) is 3.80. The van der Waals surface area contributed by atoms with Crippen molar-refractivity contribution >= 4 is 40.9 Å². The summed E-state index contributed by atoms with van der Waals surface area (Å²) in [5.41, 5.74) is 3.24. The highest BCUT2D eigenvalue weighted by Crippen LogP contribution is 2.32. The zero-order valence-corrected chi connectivity index (χ0v) is 24.0. The van der Waals surface area contributed by atoms with Crippen molar-refractivity contribution < 1.29 is 9.53 Å². The van der Waals surface area contributed by atoms with E-state index in [1.54, 1.807) is 31.3 Å². The molecule has 0 aliphatic rings. The first-order valence-corrected chi connectivity index (χ1v) is 13.6. The Hall–Kier alpha value is -2.58. The van der Waals surface area contributed by atoms with Crippen molar-refractivity contribution in [2.45, 2.75) is 77.7 Å². The number of anilines is 2. The zero-order chi connectivity index (χ0) is 26.7. The molecular formula is C28H43N5O2S. The number of methoxy groups -OCH3 is 1. The third-order valence-electron chi connectivity index (χ3n) is 5.85. The second-order valence-corrected chi connectivity index (χ2v) is 11.0. The first kappa shape index (κ1) is 29.6. The van der Waals surface area contributed by atoms with Crippen LogP contribution in [0, 0.1) is 5.92 Å². The minimum atomic E-state index is -0.0372. The minimum Gasteiger partial charge on any atom is -0.385 e. The average molecular weight is 514 g/mol. The van der Waals surface area contributed by atoms with E-state index in [-0.39, 0.29) is 5.41 Å². The number of nitrogens with one attached hydrogen (secondary N) is 1. The number of pyridine rings is 1. The standard InChI is InChI=1S/C26H37N5O2S.C2H6/c1-19(13-15-33-6)8-7-14-31-23-11-9-20(16-22(23)29-25(31)26(2,3)4)30(5)34-21-10-12-24(27-17-21)28-18-32;1-2/h9-12,16-19H,7-8,13-15H2,1-6H3,(H,27,28,32);1-2H3. The van der Waals surface area contributed by atoms with Gasteiger partial charge in [-0.25, -0.2) is 9.97 Å². The van der Waals surface area contributed by atoms with Gasteiger partial charge in [-0.3, -0.25) is 4.79 Å². The number of aromatic nitrogens is 3. The Labute approximate surface area is 221 Å². The molecule has 0 spiro atoms. The lowest BCUT2D eigenvalue weighted by Gasteiger charge is -2.21. The number of carbonyl (C=O) groups is 1. The second kappa shape index (κ2) is 14.2. The van der Waals surface area contributed by atoms with Gasteiger partial charge in [-0.15, -0.1) is 0 Å². The van der Waals surface area contributed by atoms with Crippen molar-refractivity contribution in [3.05, 3.63) is 42.4 Å². The van der Waals surface area contributed by atoms with Crippen molar-refractivity contribution in [1.82, 2.24) is 14.5 Å². The average Bonchev–Trinajstić information content (AvgIpc) is 3.24. The molecule has 2 aromatic heterocycles. The highest BCUT2D eigenvalue weighted by Gasteiger charge is 2.23. The Kier molecular flexibility index (Phi) is 11.7. The predicted octanol–water partition coefficient (Wildman–Crippen LogP) is 6.92. The van der Waals surface area contributed by atoms with Gasteiger partial charge < -0.3 is 18.9 Å². The molecule has 0 aliphatic carbocycles. The minimum absolute atomic E-state index is 0.0372. The third-order valence-corrected chi connectivity index (χ3v) is 6.78. The number of rotatable bonds is 12. The van der Waals surface area contributed by atoms with Crippen LogP contribution >= 0.6 is 11.9 Å². The van der Waals surface area contributed by atoms with Crippen LogP contribution < -0.4 is 9.62 Å². The van der Waals surface area contributed by atoms with Crippen LogP contribution in [0.2, 0.25) is 0 Å². The van der Waals surface area contributed by atoms with Crippen LogP contribution in [-0.2, 0) is 21.5 Å². The Morgan fingerprint density at radius 1 is 1.19 bits per heavy atom. The summed E-state index contributed by atoms with van der Waals surface area (Å²) in [4.78, 5) is 20.9. The largest absolute Gasteiger partial charge is 0.385 e. The van der Waals surface area contributed by atoms with Gasteiger partial charge in [0.05, 0.1) is 11.0 Å². The van der Waals surface area contributed by atoms with E-state index in [1.807, 2.05) is 27.0 Å². The summed E-state index contributed by atoms with van der Waals surface area (Å²) in [6.45, 7) is 14.8. The highest BCUT2D eigenvalue weighted by molar-refractivity contribution is 8.00. The molecule has 1 aromatic carbocycles. The molecule has 0 radical (unpaired) electrons. The van der Waals surface area contributed by atoms with Gasteiger partial charge in [0.15, 0.2) is 0 Å². The molecular weight excluding hydrogens is 470 g/mol. The van der Waals surface area contributed by atoms with Gasteiger partial charge >= 0.3 is 0 Å². The molecule has 7 nitrogen and oxygen atoms in total. The summed E-state index contributed by atoms with van der Waals surface area (Å²) in [6.07, 6.45) is 5.79. The number of hydrogen-bond donors (Lipinski definition) is 1. The molecule has 1 amide bonds. The molecule has 0 bridgehead atoms. The number of imidazole rings is 1. The van der Waals surface area contributed by atoms with Crippen LogP contribution in [0.15, 0.2) is 41.4 Å². The lowest BCUT2D eigenvalue weighted by Crippen LogP contribution is -2.19. The van der Waals surface area contributed by atoms with Crippen molar-refractivity contribution in [3.63, 3.8) is 0 Å². The van der Waals surface area contributed by atoms with Crippen LogP contribution in [0.4, 0.5) is 11.5 Å². The van der Waals surface area contributed by atoms with Gasteiger partial charge in [0, 0.05) is 49.5 Å². The van der Waals surface area contributed by atoms with E-state index in [9.17, 15) is 4.79 Å². The van der Waals surface area contributed by atoms with Crippen molar-refractivity contribution in [1.29, 1.82) is 0 Å². The molecule has 36 heavy (non-hydrogen) atoms. The first-order chi connectivity index (χ1) is 17.2. The molecule has 0 fully saturated rings. The fourth-order valence-electron chi connectivity index (χ4n) is 3.97. The third kappa shape index (κ3) is 8.23. The number of fused-ring (bicyclic) bond motifs is 1. The summed E-state index contributed by atoms with van der Waals surface area (Å²) in [5.74, 6) is 2.32. The van der Waals surface area contributed by atoms with Crippen LogP contribution in [-0.4, -0.2) is 41.7 Å². The topological polar surface area (TPSA) is 72.3 Å². The van der Waals surface area contributed by atoms with E-state index >= 15 is 0 Å². The monoisotopic (exact) mass is 513 g/mol. The second-order valence-electron chi connectivity index (χ2n) is 9.77. The van der Waals surface area contributed by atoms with Gasteiger partial charge in [0.1, 0.15) is 11.6 Å². The van der Waals surface area contributed by atoms with Crippen molar-refractivity contribution in [2.75, 3.05) is 30.4 Å². The molecule has 0 saturated heterocycles. The van der Waals surface area contributed by atoms with Crippen LogP contribution in [0.25, 0.3) is 11.0 Å². The van der Waals surface area contributed by atoms with Gasteiger partial charge in [-0.2, -0.15) is 0 Å². The Bertz CT molecular complexity index is 1080. The molecule has 198 valence electrons. The number of nitrogens with zero attached hydrogens (tertiary/aromatic N) is 4. The van der Waals surface area contributed by atoms with Crippen LogP contribution in [0.1, 0.15) is 66.6 Å². The zero-order valence-electron chi connectivity index (χ0n) is 23.2. The maximum atomic E-state index is 10.6. The quantitative estimate of drug-likeness (QED) is 0.209. The number of aryl methyl sites for hydroxylation is 1. The van der Waals surface area contributed by atoms with Gasteiger partial charge in [-0.05, 0) is 67.5 Å². The first-order valence-electron chi connectivity index (χ1n) is 12.8. The Balaban J connectivity index is 0.00000222. The molecule has 0 aliphatic heterocycles. The van der Waals surface area contributed by atoms with E-state index in [0.717, 1.165) is 47.9 Å². The lowest BCUT2D eigenvalue weighted by atomic mass is 9.95. The Morgan fingerprint density at radius 3 is 2.56 bits per heavy atom. The number of benzene rings is 1. The molecule has 3 rings (SSSR count). The fourth-order valence-corrected chi connectivity index (χ4v) is 4.73. The fraction of sp³-hybridized carbons (Fsp3) is 0.536. The molecule has 1 atom stereocenters. The van der Waals surface area contributed by atoms with Gasteiger partial charge in [0.25, 0.3) is 0 Å². The van der Waals surface area contributed by atoms with Crippen LogP contribution in [0.3, 0.4) is 0 Å². The van der Waals surface area contributed by atoms with E-state index in [1.165, 1.54) is 11.9 Å². The predicted molar refractivity (Wildman–Crippen MR) is 153 cm³/mol. The van der Waals surface area contributed by atoms with E-state index < -0.39 is 0 Å².